The zero-order valence-electron chi connectivity index (χ0n) is 12.6. The molecule has 0 aromatic heterocycles. The van der Waals surface area contributed by atoms with E-state index in [0.29, 0.717) is 6.54 Å². The van der Waals surface area contributed by atoms with Gasteiger partial charge in [0.2, 0.25) is 10.0 Å². The topological polar surface area (TPSA) is 83.6 Å². The second-order valence-corrected chi connectivity index (χ2v) is 6.94. The van der Waals surface area contributed by atoms with Crippen molar-refractivity contribution in [1.29, 1.82) is 0 Å². The summed E-state index contributed by atoms with van der Waals surface area (Å²) in [6.07, 6.45) is 0. The summed E-state index contributed by atoms with van der Waals surface area (Å²) in [6, 6.07) is 13.8. The zero-order valence-corrected chi connectivity index (χ0v) is 13.4. The second-order valence-electron chi connectivity index (χ2n) is 5.38. The number of nitrogens with zero attached hydrogens (tertiary/aromatic N) is 1. The zero-order chi connectivity index (χ0) is 16.3. The van der Waals surface area contributed by atoms with Gasteiger partial charge in [-0.05, 0) is 49.4 Å². The number of phenols is 1. The minimum atomic E-state index is -3.66. The molecule has 2 rings (SSSR count). The van der Waals surface area contributed by atoms with Gasteiger partial charge in [0.25, 0.3) is 0 Å². The van der Waals surface area contributed by atoms with Gasteiger partial charge in [-0.25, -0.2) is 13.6 Å². The molecule has 0 saturated carbocycles. The number of hydrogen-bond donors (Lipinski definition) is 2. The van der Waals surface area contributed by atoms with Crippen LogP contribution in [0.25, 0.3) is 0 Å². The van der Waals surface area contributed by atoms with Crippen LogP contribution in [-0.2, 0) is 16.6 Å². The van der Waals surface area contributed by atoms with Gasteiger partial charge < -0.3 is 5.11 Å². The summed E-state index contributed by atoms with van der Waals surface area (Å²) in [5.74, 6) is 0.246. The van der Waals surface area contributed by atoms with E-state index < -0.39 is 10.0 Å². The number of primary sulfonamides is 1. The maximum atomic E-state index is 11.3. The molecule has 5 nitrogen and oxygen atoms in total. The van der Waals surface area contributed by atoms with Crippen molar-refractivity contribution < 1.29 is 13.5 Å². The Bertz CT molecular complexity index is 742. The molecule has 6 heteroatoms. The molecule has 22 heavy (non-hydrogen) atoms. The average Bonchev–Trinajstić information content (AvgIpc) is 2.45. The molecule has 0 fully saturated rings. The van der Waals surface area contributed by atoms with Crippen LogP contribution in [0.4, 0.5) is 0 Å². The van der Waals surface area contributed by atoms with Crippen molar-refractivity contribution in [3.05, 3.63) is 59.7 Å². The second kappa shape index (κ2) is 6.48. The summed E-state index contributed by atoms with van der Waals surface area (Å²) in [7, 11) is -1.69. The van der Waals surface area contributed by atoms with Gasteiger partial charge in [-0.1, -0.05) is 24.3 Å². The third-order valence-electron chi connectivity index (χ3n) is 3.69. The van der Waals surface area contributed by atoms with Crippen molar-refractivity contribution in [2.45, 2.75) is 24.4 Å². The maximum absolute atomic E-state index is 11.3. The largest absolute Gasteiger partial charge is 0.508 e. The molecule has 0 bridgehead atoms. The van der Waals surface area contributed by atoms with Gasteiger partial charge in [0, 0.05) is 12.6 Å². The monoisotopic (exact) mass is 320 g/mol. The van der Waals surface area contributed by atoms with Crippen molar-refractivity contribution in [3.63, 3.8) is 0 Å². The highest BCUT2D eigenvalue weighted by Crippen LogP contribution is 2.23. The molecule has 2 aromatic carbocycles. The molecule has 0 unspecified atom stereocenters. The first kappa shape index (κ1) is 16.5. The number of phenolic OH excluding ortho intramolecular Hbond substituents is 1. The van der Waals surface area contributed by atoms with Crippen LogP contribution in [0.5, 0.6) is 5.75 Å². The Morgan fingerprint density at radius 3 is 2.36 bits per heavy atom. The summed E-state index contributed by atoms with van der Waals surface area (Å²) in [4.78, 5) is 2.22. The van der Waals surface area contributed by atoms with Crippen molar-refractivity contribution in [3.8, 4) is 5.75 Å². The van der Waals surface area contributed by atoms with Gasteiger partial charge in [0.15, 0.2) is 0 Å². The van der Waals surface area contributed by atoms with Crippen LogP contribution >= 0.6 is 0 Å². The first-order chi connectivity index (χ1) is 10.3. The van der Waals surface area contributed by atoms with E-state index in [-0.39, 0.29) is 16.7 Å². The first-order valence-electron chi connectivity index (χ1n) is 6.88. The van der Waals surface area contributed by atoms with Crippen molar-refractivity contribution >= 4 is 10.0 Å². The molecule has 2 aromatic rings. The maximum Gasteiger partial charge on any atom is 0.238 e. The Morgan fingerprint density at radius 2 is 1.82 bits per heavy atom. The minimum Gasteiger partial charge on any atom is -0.508 e. The van der Waals surface area contributed by atoms with Gasteiger partial charge in [-0.3, -0.25) is 4.90 Å². The normalized spacial score (nSPS) is 13.3. The van der Waals surface area contributed by atoms with Crippen LogP contribution in [0, 0.1) is 0 Å². The highest BCUT2D eigenvalue weighted by molar-refractivity contribution is 7.89. The van der Waals surface area contributed by atoms with Crippen LogP contribution in [-0.4, -0.2) is 25.5 Å². The molecule has 0 amide bonds. The predicted molar refractivity (Wildman–Crippen MR) is 85.8 cm³/mol. The van der Waals surface area contributed by atoms with E-state index in [1.165, 1.54) is 12.1 Å². The molecule has 1 atom stereocenters. The fourth-order valence-corrected chi connectivity index (χ4v) is 2.79. The van der Waals surface area contributed by atoms with Crippen LogP contribution in [0.2, 0.25) is 0 Å². The lowest BCUT2D eigenvalue weighted by Gasteiger charge is -2.25. The lowest BCUT2D eigenvalue weighted by molar-refractivity contribution is 0.252. The lowest BCUT2D eigenvalue weighted by atomic mass is 10.1. The van der Waals surface area contributed by atoms with E-state index in [4.69, 9.17) is 5.14 Å². The molecule has 3 N–H and O–H groups in total. The van der Waals surface area contributed by atoms with Gasteiger partial charge >= 0.3 is 0 Å². The minimum absolute atomic E-state index is 0.0943. The van der Waals surface area contributed by atoms with Gasteiger partial charge in [-0.15, -0.1) is 0 Å². The summed E-state index contributed by atoms with van der Waals surface area (Å²) in [5.41, 5.74) is 2.01. The average molecular weight is 320 g/mol. The summed E-state index contributed by atoms with van der Waals surface area (Å²) >= 11 is 0. The van der Waals surface area contributed by atoms with Gasteiger partial charge in [0.1, 0.15) is 5.75 Å². The third-order valence-corrected chi connectivity index (χ3v) is 4.62. The predicted octanol–water partition coefficient (Wildman–Crippen LogP) is 2.23. The Hall–Kier alpha value is -1.89. The molecule has 0 spiro atoms. The van der Waals surface area contributed by atoms with Crippen LogP contribution in [0.3, 0.4) is 0 Å². The molecular weight excluding hydrogens is 300 g/mol. The quantitative estimate of drug-likeness (QED) is 0.885. The van der Waals surface area contributed by atoms with Crippen LogP contribution < -0.4 is 5.14 Å². The number of aromatic hydroxyl groups is 1. The Morgan fingerprint density at radius 1 is 1.18 bits per heavy atom. The highest BCUT2D eigenvalue weighted by atomic mass is 32.2. The molecule has 0 heterocycles. The Balaban J connectivity index is 2.12. The molecule has 0 aliphatic carbocycles. The molecule has 0 aliphatic rings. The van der Waals surface area contributed by atoms with E-state index in [0.717, 1.165) is 11.1 Å². The summed E-state index contributed by atoms with van der Waals surface area (Å²) in [5, 5.41) is 14.6. The van der Waals surface area contributed by atoms with Crippen LogP contribution in [0.15, 0.2) is 53.4 Å². The number of rotatable bonds is 5. The Labute approximate surface area is 131 Å². The number of nitrogens with two attached hydrogens (primary N) is 1. The van der Waals surface area contributed by atoms with E-state index in [9.17, 15) is 13.5 Å². The lowest BCUT2D eigenvalue weighted by Crippen LogP contribution is -2.22. The first-order valence-corrected chi connectivity index (χ1v) is 8.43. The van der Waals surface area contributed by atoms with E-state index in [2.05, 4.69) is 4.90 Å². The molecule has 0 radical (unpaired) electrons. The van der Waals surface area contributed by atoms with E-state index in [1.807, 2.05) is 26.1 Å². The fourth-order valence-electron chi connectivity index (χ4n) is 2.27. The molecule has 0 aliphatic heterocycles. The van der Waals surface area contributed by atoms with Gasteiger partial charge in [0.05, 0.1) is 4.90 Å². The Kier molecular flexibility index (Phi) is 4.85. The summed E-state index contributed by atoms with van der Waals surface area (Å²) < 4.78 is 22.5. The van der Waals surface area contributed by atoms with Crippen molar-refractivity contribution in [1.82, 2.24) is 4.90 Å². The highest BCUT2D eigenvalue weighted by Gasteiger charge is 2.14. The number of hydrogen-bond acceptors (Lipinski definition) is 4. The third kappa shape index (κ3) is 4.07. The molecular formula is C16H20N2O3S. The SMILES string of the molecule is C[C@@H](c1ccc(S(N)(=O)=O)cc1)N(C)Cc1cccc(O)c1. The van der Waals surface area contributed by atoms with Gasteiger partial charge in [-0.2, -0.15) is 0 Å². The van der Waals surface area contributed by atoms with Crippen molar-refractivity contribution in [2.24, 2.45) is 5.14 Å². The van der Waals surface area contributed by atoms with Crippen molar-refractivity contribution in [2.75, 3.05) is 7.05 Å². The fraction of sp³-hybridized carbons (Fsp3) is 0.250. The number of sulfonamides is 1. The van der Waals surface area contributed by atoms with E-state index in [1.54, 1.807) is 24.3 Å². The van der Waals surface area contributed by atoms with Crippen LogP contribution in [0.1, 0.15) is 24.1 Å². The van der Waals surface area contributed by atoms with E-state index >= 15 is 0 Å². The summed E-state index contributed by atoms with van der Waals surface area (Å²) in [6.45, 7) is 2.71. The molecule has 0 saturated heterocycles. The smallest absolute Gasteiger partial charge is 0.238 e. The standard InChI is InChI=1S/C16H20N2O3S/c1-12(14-6-8-16(9-7-14)22(17,20)21)18(2)11-13-4-3-5-15(19)10-13/h3-10,12,19H,11H2,1-2H3,(H2,17,20,21)/t12-/m0/s1. The molecule has 118 valence electrons. The number of benzene rings is 2.